The van der Waals surface area contributed by atoms with Crippen molar-refractivity contribution in [2.75, 3.05) is 6.54 Å². The Balaban J connectivity index is 1.64. The molecule has 2 unspecified atom stereocenters. The molecule has 0 aromatic heterocycles. The Labute approximate surface area is 162 Å². The van der Waals surface area contributed by atoms with E-state index < -0.39 is 0 Å². The smallest absolute Gasteiger partial charge is 0.243 e. The number of nitrogens with one attached hydrogen (secondary N) is 1. The average molecular weight is 415 g/mol. The van der Waals surface area contributed by atoms with Crippen LogP contribution in [-0.4, -0.2) is 29.3 Å². The van der Waals surface area contributed by atoms with Gasteiger partial charge >= 0.3 is 0 Å². The van der Waals surface area contributed by atoms with Crippen LogP contribution in [0.15, 0.2) is 59.1 Å². The largest absolute Gasteiger partial charge is 0.348 e. The fourth-order valence-corrected chi connectivity index (χ4v) is 4.05. The number of hydrogen-bond donors (Lipinski definition) is 1. The van der Waals surface area contributed by atoms with Crippen LogP contribution in [-0.2, 0) is 16.0 Å². The average Bonchev–Trinajstić information content (AvgIpc) is 3.13. The third kappa shape index (κ3) is 4.33. The monoisotopic (exact) mass is 414 g/mol. The molecule has 1 aliphatic rings. The van der Waals surface area contributed by atoms with Gasteiger partial charge in [0.15, 0.2) is 0 Å². The van der Waals surface area contributed by atoms with Gasteiger partial charge < -0.3 is 10.2 Å². The standard InChI is InChI=1S/C21H23BrN2O2/c1-15(17-10-5-6-11-18(17)22)23-21(26)19-12-7-13-24(19)20(25)14-16-8-3-2-4-9-16/h2-6,8-11,15,19H,7,12-14H2,1H3,(H,23,26). The fourth-order valence-electron chi connectivity index (χ4n) is 3.42. The van der Waals surface area contributed by atoms with E-state index in [9.17, 15) is 9.59 Å². The molecule has 1 fully saturated rings. The maximum absolute atomic E-state index is 12.8. The highest BCUT2D eigenvalue weighted by Gasteiger charge is 2.34. The first kappa shape index (κ1) is 18.6. The number of rotatable bonds is 5. The second-order valence-corrected chi connectivity index (χ2v) is 7.51. The molecule has 1 saturated heterocycles. The first-order valence-electron chi connectivity index (χ1n) is 8.94. The molecule has 4 nitrogen and oxygen atoms in total. The van der Waals surface area contributed by atoms with Crippen LogP contribution in [0.5, 0.6) is 0 Å². The zero-order valence-corrected chi connectivity index (χ0v) is 16.4. The molecule has 1 aliphatic heterocycles. The lowest BCUT2D eigenvalue weighted by molar-refractivity contribution is -0.138. The molecule has 2 amide bonds. The van der Waals surface area contributed by atoms with Crippen LogP contribution in [0.3, 0.4) is 0 Å². The van der Waals surface area contributed by atoms with Crippen molar-refractivity contribution in [3.8, 4) is 0 Å². The number of halogens is 1. The molecule has 1 heterocycles. The number of hydrogen-bond acceptors (Lipinski definition) is 2. The molecule has 0 saturated carbocycles. The van der Waals surface area contributed by atoms with Crippen molar-refractivity contribution in [1.82, 2.24) is 10.2 Å². The van der Waals surface area contributed by atoms with Gasteiger partial charge in [-0.1, -0.05) is 64.5 Å². The van der Waals surface area contributed by atoms with Crippen LogP contribution in [0.4, 0.5) is 0 Å². The van der Waals surface area contributed by atoms with Crippen molar-refractivity contribution < 1.29 is 9.59 Å². The summed E-state index contributed by atoms with van der Waals surface area (Å²) in [5.74, 6) is -0.0606. The highest BCUT2D eigenvalue weighted by Crippen LogP contribution is 2.24. The molecule has 0 spiro atoms. The molecule has 2 atom stereocenters. The summed E-state index contributed by atoms with van der Waals surface area (Å²) in [4.78, 5) is 27.2. The highest BCUT2D eigenvalue weighted by atomic mass is 79.9. The van der Waals surface area contributed by atoms with E-state index >= 15 is 0 Å². The van der Waals surface area contributed by atoms with Gasteiger partial charge in [-0.3, -0.25) is 9.59 Å². The zero-order valence-electron chi connectivity index (χ0n) is 14.8. The van der Waals surface area contributed by atoms with Crippen LogP contribution in [0, 0.1) is 0 Å². The second-order valence-electron chi connectivity index (χ2n) is 6.66. The minimum Gasteiger partial charge on any atom is -0.348 e. The van der Waals surface area contributed by atoms with E-state index in [1.165, 1.54) is 0 Å². The van der Waals surface area contributed by atoms with E-state index in [1.54, 1.807) is 4.90 Å². The fraction of sp³-hybridized carbons (Fsp3) is 0.333. The quantitative estimate of drug-likeness (QED) is 0.807. The van der Waals surface area contributed by atoms with E-state index in [-0.39, 0.29) is 23.9 Å². The van der Waals surface area contributed by atoms with Gasteiger partial charge in [-0.25, -0.2) is 0 Å². The van der Waals surface area contributed by atoms with E-state index in [2.05, 4.69) is 21.2 Å². The van der Waals surface area contributed by atoms with E-state index in [1.807, 2.05) is 61.5 Å². The van der Waals surface area contributed by atoms with Crippen molar-refractivity contribution >= 4 is 27.7 Å². The predicted octanol–water partition coefficient (Wildman–Crippen LogP) is 3.86. The molecule has 2 aromatic carbocycles. The van der Waals surface area contributed by atoms with Crippen LogP contribution in [0.25, 0.3) is 0 Å². The third-order valence-electron chi connectivity index (χ3n) is 4.80. The number of likely N-dealkylation sites (tertiary alicyclic amines) is 1. The predicted molar refractivity (Wildman–Crippen MR) is 106 cm³/mol. The second kappa shape index (κ2) is 8.49. The Bertz CT molecular complexity index is 779. The molecular weight excluding hydrogens is 392 g/mol. The SMILES string of the molecule is CC(NC(=O)C1CCCN1C(=O)Cc1ccccc1)c1ccccc1Br. The molecule has 136 valence electrons. The van der Waals surface area contributed by atoms with Gasteiger partial charge in [0.25, 0.3) is 0 Å². The van der Waals surface area contributed by atoms with Crippen molar-refractivity contribution in [3.05, 3.63) is 70.2 Å². The summed E-state index contributed by atoms with van der Waals surface area (Å²) in [6, 6.07) is 17.0. The topological polar surface area (TPSA) is 49.4 Å². The maximum atomic E-state index is 12.8. The Kier molecular flexibility index (Phi) is 6.09. The first-order valence-corrected chi connectivity index (χ1v) is 9.74. The van der Waals surface area contributed by atoms with E-state index in [0.29, 0.717) is 13.0 Å². The molecule has 1 N–H and O–H groups in total. The van der Waals surface area contributed by atoms with Gasteiger partial charge in [0, 0.05) is 11.0 Å². The number of nitrogens with zero attached hydrogens (tertiary/aromatic N) is 1. The number of carbonyl (C=O) groups excluding carboxylic acids is 2. The number of benzene rings is 2. The lowest BCUT2D eigenvalue weighted by Gasteiger charge is -2.26. The minimum absolute atomic E-state index is 0.0161. The Morgan fingerprint density at radius 3 is 2.58 bits per heavy atom. The summed E-state index contributed by atoms with van der Waals surface area (Å²) in [5, 5.41) is 3.06. The lowest BCUT2D eigenvalue weighted by atomic mass is 10.1. The van der Waals surface area contributed by atoms with Crippen LogP contribution in [0.2, 0.25) is 0 Å². The Morgan fingerprint density at radius 2 is 1.85 bits per heavy atom. The minimum atomic E-state index is -0.379. The molecule has 3 rings (SSSR count). The summed E-state index contributed by atoms with van der Waals surface area (Å²) in [6.07, 6.45) is 1.92. The van der Waals surface area contributed by atoms with E-state index in [4.69, 9.17) is 0 Å². The van der Waals surface area contributed by atoms with Gasteiger partial charge in [-0.05, 0) is 37.0 Å². The molecule has 0 aliphatic carbocycles. The molecule has 0 bridgehead atoms. The highest BCUT2D eigenvalue weighted by molar-refractivity contribution is 9.10. The molecular formula is C21H23BrN2O2. The first-order chi connectivity index (χ1) is 12.6. The van der Waals surface area contributed by atoms with Crippen molar-refractivity contribution in [3.63, 3.8) is 0 Å². The van der Waals surface area contributed by atoms with Gasteiger partial charge in [0.2, 0.25) is 11.8 Å². The van der Waals surface area contributed by atoms with Crippen LogP contribution >= 0.6 is 15.9 Å². The molecule has 5 heteroatoms. The van der Waals surface area contributed by atoms with Crippen molar-refractivity contribution in [1.29, 1.82) is 0 Å². The normalized spacial score (nSPS) is 17.8. The Morgan fingerprint density at radius 1 is 1.15 bits per heavy atom. The number of amides is 2. The maximum Gasteiger partial charge on any atom is 0.243 e. The third-order valence-corrected chi connectivity index (χ3v) is 5.53. The lowest BCUT2D eigenvalue weighted by Crippen LogP contribution is -2.47. The van der Waals surface area contributed by atoms with Crippen molar-refractivity contribution in [2.45, 2.75) is 38.3 Å². The van der Waals surface area contributed by atoms with Crippen LogP contribution in [0.1, 0.15) is 36.9 Å². The summed E-state index contributed by atoms with van der Waals surface area (Å²) >= 11 is 3.53. The summed E-state index contributed by atoms with van der Waals surface area (Å²) in [6.45, 7) is 2.61. The summed E-state index contributed by atoms with van der Waals surface area (Å²) in [5.41, 5.74) is 2.01. The molecule has 0 radical (unpaired) electrons. The van der Waals surface area contributed by atoms with E-state index in [0.717, 1.165) is 28.4 Å². The summed E-state index contributed by atoms with van der Waals surface area (Å²) < 4.78 is 0.969. The van der Waals surface area contributed by atoms with Gasteiger partial charge in [-0.15, -0.1) is 0 Å². The van der Waals surface area contributed by atoms with Gasteiger partial charge in [0.05, 0.1) is 12.5 Å². The molecule has 26 heavy (non-hydrogen) atoms. The van der Waals surface area contributed by atoms with Gasteiger partial charge in [-0.2, -0.15) is 0 Å². The molecule has 2 aromatic rings. The van der Waals surface area contributed by atoms with Gasteiger partial charge in [0.1, 0.15) is 6.04 Å². The van der Waals surface area contributed by atoms with Crippen LogP contribution < -0.4 is 5.32 Å². The summed E-state index contributed by atoms with van der Waals surface area (Å²) in [7, 11) is 0. The number of carbonyl (C=O) groups is 2. The zero-order chi connectivity index (χ0) is 18.5. The Hall–Kier alpha value is -2.14. The van der Waals surface area contributed by atoms with Crippen molar-refractivity contribution in [2.24, 2.45) is 0 Å².